The highest BCUT2D eigenvalue weighted by atomic mass is 79.9. The molecular weight excluding hydrogens is 420 g/mol. The maximum Gasteiger partial charge on any atom is 0.322 e. The number of rotatable bonds is 7. The fraction of sp³-hybridized carbons (Fsp3) is 0.429. The van der Waals surface area contributed by atoms with Gasteiger partial charge >= 0.3 is 6.03 Å². The Kier molecular flexibility index (Phi) is 6.44. The molecule has 0 bridgehead atoms. The Morgan fingerprint density at radius 1 is 1.21 bits per heavy atom. The zero-order chi connectivity index (χ0) is 20.3. The molecular formula is C21H27BrN4O2. The Morgan fingerprint density at radius 3 is 2.43 bits per heavy atom. The van der Waals surface area contributed by atoms with Crippen LogP contribution in [-0.2, 0) is 18.4 Å². The summed E-state index contributed by atoms with van der Waals surface area (Å²) in [4.78, 5) is 29.4. The van der Waals surface area contributed by atoms with Gasteiger partial charge in [-0.05, 0) is 63.1 Å². The maximum absolute atomic E-state index is 13.1. The third-order valence-corrected chi connectivity index (χ3v) is 5.51. The smallest absolute Gasteiger partial charge is 0.322 e. The topological polar surface area (TPSA) is 57.6 Å². The molecule has 0 atom stereocenters. The lowest BCUT2D eigenvalue weighted by Gasteiger charge is -2.30. The van der Waals surface area contributed by atoms with Crippen molar-refractivity contribution in [1.82, 2.24) is 14.4 Å². The number of nitrogens with zero attached hydrogens (tertiary/aromatic N) is 3. The van der Waals surface area contributed by atoms with Gasteiger partial charge in [-0.15, -0.1) is 0 Å². The molecule has 6 nitrogen and oxygen atoms in total. The number of urea groups is 1. The molecule has 28 heavy (non-hydrogen) atoms. The number of halogens is 1. The van der Waals surface area contributed by atoms with Crippen LogP contribution in [0.15, 0.2) is 47.1 Å². The van der Waals surface area contributed by atoms with E-state index >= 15 is 0 Å². The summed E-state index contributed by atoms with van der Waals surface area (Å²) >= 11 is 3.39. The van der Waals surface area contributed by atoms with Crippen molar-refractivity contribution in [2.24, 2.45) is 7.05 Å². The van der Waals surface area contributed by atoms with Crippen molar-refractivity contribution in [2.75, 3.05) is 11.9 Å². The van der Waals surface area contributed by atoms with Crippen LogP contribution in [-0.4, -0.2) is 44.9 Å². The molecule has 1 aliphatic rings. The molecule has 0 unspecified atom stereocenters. The number of aromatic nitrogens is 1. The second kappa shape index (κ2) is 8.82. The first-order chi connectivity index (χ1) is 13.3. The van der Waals surface area contributed by atoms with Gasteiger partial charge in [0.05, 0.1) is 6.54 Å². The number of anilines is 1. The number of amides is 3. The van der Waals surface area contributed by atoms with Crippen LogP contribution in [0.5, 0.6) is 0 Å². The highest BCUT2D eigenvalue weighted by Crippen LogP contribution is 2.29. The molecule has 1 aromatic carbocycles. The van der Waals surface area contributed by atoms with E-state index < -0.39 is 0 Å². The van der Waals surface area contributed by atoms with Crippen LogP contribution in [0.2, 0.25) is 0 Å². The van der Waals surface area contributed by atoms with E-state index in [0.717, 1.165) is 23.0 Å². The van der Waals surface area contributed by atoms with Crippen molar-refractivity contribution >= 4 is 33.6 Å². The second-order valence-electron chi connectivity index (χ2n) is 7.52. The van der Waals surface area contributed by atoms with Gasteiger partial charge in [-0.25, -0.2) is 4.79 Å². The van der Waals surface area contributed by atoms with Crippen LogP contribution >= 0.6 is 15.9 Å². The fourth-order valence-corrected chi connectivity index (χ4v) is 3.36. The fourth-order valence-electron chi connectivity index (χ4n) is 3.10. The molecule has 3 amide bonds. The summed E-state index contributed by atoms with van der Waals surface area (Å²) in [5.41, 5.74) is 1.80. The summed E-state index contributed by atoms with van der Waals surface area (Å²) in [7, 11) is 1.98. The lowest BCUT2D eigenvalue weighted by Crippen LogP contribution is -2.48. The predicted octanol–water partition coefficient (Wildman–Crippen LogP) is 4.22. The minimum Gasteiger partial charge on any atom is -0.353 e. The lowest BCUT2D eigenvalue weighted by atomic mass is 10.3. The first-order valence-corrected chi connectivity index (χ1v) is 10.4. The average Bonchev–Trinajstić information content (AvgIpc) is 3.41. The number of carbonyl (C=O) groups is 2. The van der Waals surface area contributed by atoms with Crippen molar-refractivity contribution in [2.45, 2.75) is 45.3 Å². The van der Waals surface area contributed by atoms with Gasteiger partial charge in [-0.1, -0.05) is 15.9 Å². The van der Waals surface area contributed by atoms with Crippen molar-refractivity contribution in [3.8, 4) is 0 Å². The van der Waals surface area contributed by atoms with Gasteiger partial charge in [0, 0.05) is 41.2 Å². The van der Waals surface area contributed by atoms with Crippen molar-refractivity contribution in [3.05, 3.63) is 52.8 Å². The molecule has 1 fully saturated rings. The quantitative estimate of drug-likeness (QED) is 0.691. The third-order valence-electron chi connectivity index (χ3n) is 4.98. The number of aryl methyl sites for hydroxylation is 1. The Labute approximate surface area is 174 Å². The first kappa shape index (κ1) is 20.5. The van der Waals surface area contributed by atoms with Crippen LogP contribution in [0.3, 0.4) is 0 Å². The van der Waals surface area contributed by atoms with E-state index in [-0.39, 0.29) is 30.6 Å². The number of nitrogens with one attached hydrogen (secondary N) is 1. The molecule has 1 aliphatic carbocycles. The SMILES string of the molecule is CC(C)N(CC(=O)N(Cc1cccn1C)C1CC1)C(=O)Nc1ccc(Br)cc1. The average molecular weight is 447 g/mol. The minimum atomic E-state index is -0.264. The third kappa shape index (κ3) is 5.16. The summed E-state index contributed by atoms with van der Waals surface area (Å²) in [5, 5.41) is 2.89. The molecule has 150 valence electrons. The minimum absolute atomic E-state index is 0.0108. The molecule has 7 heteroatoms. The Hall–Kier alpha value is -2.28. The molecule has 1 saturated carbocycles. The Balaban J connectivity index is 1.67. The van der Waals surface area contributed by atoms with E-state index in [0.29, 0.717) is 12.2 Å². The van der Waals surface area contributed by atoms with E-state index in [4.69, 9.17) is 0 Å². The van der Waals surface area contributed by atoms with Crippen molar-refractivity contribution in [1.29, 1.82) is 0 Å². The van der Waals surface area contributed by atoms with Gasteiger partial charge in [0.1, 0.15) is 6.54 Å². The number of hydrogen-bond acceptors (Lipinski definition) is 2. The number of carbonyl (C=O) groups excluding carboxylic acids is 2. The zero-order valence-electron chi connectivity index (χ0n) is 16.6. The van der Waals surface area contributed by atoms with Crippen LogP contribution in [0.4, 0.5) is 10.5 Å². The number of hydrogen-bond donors (Lipinski definition) is 1. The van der Waals surface area contributed by atoms with Gasteiger partial charge in [0.2, 0.25) is 5.91 Å². The lowest BCUT2D eigenvalue weighted by molar-refractivity contribution is -0.133. The molecule has 0 radical (unpaired) electrons. The van der Waals surface area contributed by atoms with Crippen molar-refractivity contribution in [3.63, 3.8) is 0 Å². The zero-order valence-corrected chi connectivity index (χ0v) is 18.1. The van der Waals surface area contributed by atoms with Gasteiger partial charge in [-0.3, -0.25) is 4.79 Å². The van der Waals surface area contributed by atoms with E-state index in [1.165, 1.54) is 0 Å². The number of benzene rings is 1. The van der Waals surface area contributed by atoms with Crippen LogP contribution in [0.25, 0.3) is 0 Å². The molecule has 3 rings (SSSR count). The molecule has 0 aliphatic heterocycles. The van der Waals surface area contributed by atoms with E-state index in [1.54, 1.807) is 4.90 Å². The standard InChI is InChI=1S/C21H27BrN4O2/c1-15(2)25(21(28)23-17-8-6-16(22)7-9-17)14-20(27)26(18-10-11-18)13-19-5-4-12-24(19)3/h4-9,12,15,18H,10-11,13-14H2,1-3H3,(H,23,28). The van der Waals surface area contributed by atoms with Crippen LogP contribution < -0.4 is 5.32 Å². The maximum atomic E-state index is 13.1. The van der Waals surface area contributed by atoms with Gasteiger partial charge < -0.3 is 19.7 Å². The molecule has 1 aromatic heterocycles. The highest BCUT2D eigenvalue weighted by Gasteiger charge is 2.34. The van der Waals surface area contributed by atoms with E-state index in [2.05, 4.69) is 21.2 Å². The summed E-state index contributed by atoms with van der Waals surface area (Å²) < 4.78 is 2.98. The molecule has 0 saturated heterocycles. The monoisotopic (exact) mass is 446 g/mol. The normalized spacial score (nSPS) is 13.5. The van der Waals surface area contributed by atoms with Crippen LogP contribution in [0.1, 0.15) is 32.4 Å². The second-order valence-corrected chi connectivity index (χ2v) is 8.44. The van der Waals surface area contributed by atoms with Gasteiger partial charge in [0.15, 0.2) is 0 Å². The summed E-state index contributed by atoms with van der Waals surface area (Å²) in [6.07, 6.45) is 4.04. The van der Waals surface area contributed by atoms with E-state index in [1.807, 2.05) is 73.0 Å². The van der Waals surface area contributed by atoms with Gasteiger partial charge in [0.25, 0.3) is 0 Å². The largest absolute Gasteiger partial charge is 0.353 e. The van der Waals surface area contributed by atoms with Gasteiger partial charge in [-0.2, -0.15) is 0 Å². The predicted molar refractivity (Wildman–Crippen MR) is 114 cm³/mol. The first-order valence-electron chi connectivity index (χ1n) is 9.58. The van der Waals surface area contributed by atoms with Crippen LogP contribution in [0, 0.1) is 0 Å². The molecule has 1 heterocycles. The highest BCUT2D eigenvalue weighted by molar-refractivity contribution is 9.10. The molecule has 2 aromatic rings. The summed E-state index contributed by atoms with van der Waals surface area (Å²) in [5.74, 6) is -0.0108. The summed E-state index contributed by atoms with van der Waals surface area (Å²) in [6, 6.07) is 11.3. The Morgan fingerprint density at radius 2 is 1.89 bits per heavy atom. The molecule has 0 spiro atoms. The van der Waals surface area contributed by atoms with E-state index in [9.17, 15) is 9.59 Å². The van der Waals surface area contributed by atoms with Crippen molar-refractivity contribution < 1.29 is 9.59 Å². The summed E-state index contributed by atoms with van der Waals surface area (Å²) in [6.45, 7) is 4.49. The Bertz CT molecular complexity index is 827. The molecule has 1 N–H and O–H groups in total.